The third-order valence-electron chi connectivity index (χ3n) is 2.58. The summed E-state index contributed by atoms with van der Waals surface area (Å²) in [4.78, 5) is 10.6. The molecule has 1 atom stereocenters. The Bertz CT molecular complexity index is 380. The molecule has 0 bridgehead atoms. The predicted molar refractivity (Wildman–Crippen MR) is 64.3 cm³/mol. The first-order valence-electron chi connectivity index (χ1n) is 5.38. The zero-order chi connectivity index (χ0) is 12.3. The third kappa shape index (κ3) is 3.35. The number of rotatable bonds is 3. The zero-order valence-electron chi connectivity index (χ0n) is 10.0. The molecule has 1 aromatic rings. The minimum atomic E-state index is -0.867. The lowest BCUT2D eigenvalue weighted by molar-refractivity contribution is -0.137. The Labute approximate surface area is 96.3 Å². The first-order valence-corrected chi connectivity index (χ1v) is 5.38. The lowest BCUT2D eigenvalue weighted by Gasteiger charge is -2.21. The summed E-state index contributed by atoms with van der Waals surface area (Å²) in [7, 11) is 0. The summed E-state index contributed by atoms with van der Waals surface area (Å²) in [5.74, 6) is -0.867. The topological polar surface area (TPSA) is 63.3 Å². The SMILES string of the molecule is CC(C)(C)c1cccc(C(N)CC(=O)O)c1. The fourth-order valence-electron chi connectivity index (χ4n) is 1.54. The van der Waals surface area contributed by atoms with Crippen LogP contribution in [0.5, 0.6) is 0 Å². The standard InChI is InChI=1S/C13H19NO2/c1-13(2,3)10-6-4-5-9(7-10)11(14)8-12(15)16/h4-7,11H,8,14H2,1-3H3,(H,15,16). The van der Waals surface area contributed by atoms with Crippen LogP contribution in [0.3, 0.4) is 0 Å². The van der Waals surface area contributed by atoms with Crippen LogP contribution >= 0.6 is 0 Å². The molecule has 0 spiro atoms. The fraction of sp³-hybridized carbons (Fsp3) is 0.462. The van der Waals surface area contributed by atoms with E-state index in [1.54, 1.807) is 0 Å². The molecule has 1 unspecified atom stereocenters. The van der Waals surface area contributed by atoms with Gasteiger partial charge in [0, 0.05) is 6.04 Å². The number of nitrogens with two attached hydrogens (primary N) is 1. The molecule has 0 heterocycles. The molecule has 0 radical (unpaired) electrons. The van der Waals surface area contributed by atoms with E-state index in [2.05, 4.69) is 20.8 Å². The minimum absolute atomic E-state index is 0.0341. The van der Waals surface area contributed by atoms with Crippen molar-refractivity contribution in [1.82, 2.24) is 0 Å². The number of aliphatic carboxylic acids is 1. The van der Waals surface area contributed by atoms with E-state index in [4.69, 9.17) is 10.8 Å². The maximum Gasteiger partial charge on any atom is 0.305 e. The number of carboxylic acid groups (broad SMARTS) is 1. The monoisotopic (exact) mass is 221 g/mol. The molecular weight excluding hydrogens is 202 g/mol. The van der Waals surface area contributed by atoms with Gasteiger partial charge in [-0.25, -0.2) is 0 Å². The Hall–Kier alpha value is -1.35. The van der Waals surface area contributed by atoms with Crippen molar-refractivity contribution in [3.05, 3.63) is 35.4 Å². The van der Waals surface area contributed by atoms with Crippen molar-refractivity contribution in [2.75, 3.05) is 0 Å². The molecule has 16 heavy (non-hydrogen) atoms. The molecule has 0 saturated carbocycles. The largest absolute Gasteiger partial charge is 0.481 e. The van der Waals surface area contributed by atoms with E-state index in [-0.39, 0.29) is 11.8 Å². The lowest BCUT2D eigenvalue weighted by atomic mass is 9.85. The van der Waals surface area contributed by atoms with E-state index in [1.165, 1.54) is 5.56 Å². The van der Waals surface area contributed by atoms with Crippen LogP contribution in [0.15, 0.2) is 24.3 Å². The second kappa shape index (κ2) is 4.66. The van der Waals surface area contributed by atoms with E-state index in [1.807, 2.05) is 24.3 Å². The minimum Gasteiger partial charge on any atom is -0.481 e. The molecule has 3 N–H and O–H groups in total. The van der Waals surface area contributed by atoms with Crippen molar-refractivity contribution < 1.29 is 9.90 Å². The van der Waals surface area contributed by atoms with Gasteiger partial charge in [0.15, 0.2) is 0 Å². The summed E-state index contributed by atoms with van der Waals surface area (Å²) in [5, 5.41) is 8.69. The molecular formula is C13H19NO2. The first-order chi connectivity index (χ1) is 7.30. The highest BCUT2D eigenvalue weighted by Gasteiger charge is 2.16. The van der Waals surface area contributed by atoms with Crippen molar-refractivity contribution in [2.24, 2.45) is 5.73 Å². The zero-order valence-corrected chi connectivity index (χ0v) is 10.0. The summed E-state index contributed by atoms with van der Waals surface area (Å²) in [6.45, 7) is 6.36. The van der Waals surface area contributed by atoms with Crippen LogP contribution in [-0.2, 0) is 10.2 Å². The summed E-state index contributed by atoms with van der Waals surface area (Å²) in [6.07, 6.45) is -0.0341. The van der Waals surface area contributed by atoms with Crippen LogP contribution in [0.4, 0.5) is 0 Å². The highest BCUT2D eigenvalue weighted by atomic mass is 16.4. The van der Waals surface area contributed by atoms with E-state index in [0.717, 1.165) is 5.56 Å². The fourth-order valence-corrected chi connectivity index (χ4v) is 1.54. The summed E-state index contributed by atoms with van der Waals surface area (Å²) < 4.78 is 0. The highest BCUT2D eigenvalue weighted by Crippen LogP contribution is 2.25. The second-order valence-electron chi connectivity index (χ2n) is 5.08. The van der Waals surface area contributed by atoms with Crippen LogP contribution in [-0.4, -0.2) is 11.1 Å². The molecule has 3 nitrogen and oxygen atoms in total. The van der Waals surface area contributed by atoms with Gasteiger partial charge in [-0.2, -0.15) is 0 Å². The number of carboxylic acids is 1. The maximum absolute atomic E-state index is 10.6. The molecule has 0 amide bonds. The molecule has 88 valence electrons. The number of hydrogen-bond donors (Lipinski definition) is 2. The summed E-state index contributed by atoms with van der Waals surface area (Å²) in [6, 6.07) is 7.41. The Kier molecular flexibility index (Phi) is 3.70. The molecule has 1 aromatic carbocycles. The van der Waals surface area contributed by atoms with Crippen molar-refractivity contribution in [3.8, 4) is 0 Å². The molecule has 1 rings (SSSR count). The van der Waals surface area contributed by atoms with Gasteiger partial charge in [-0.15, -0.1) is 0 Å². The smallest absolute Gasteiger partial charge is 0.305 e. The Morgan fingerprint density at radius 1 is 1.44 bits per heavy atom. The average Bonchev–Trinajstić information content (AvgIpc) is 2.15. The van der Waals surface area contributed by atoms with Gasteiger partial charge in [0.25, 0.3) is 0 Å². The third-order valence-corrected chi connectivity index (χ3v) is 2.58. The van der Waals surface area contributed by atoms with Crippen LogP contribution in [0.25, 0.3) is 0 Å². The van der Waals surface area contributed by atoms with Gasteiger partial charge in [-0.05, 0) is 16.5 Å². The normalized spacial score (nSPS) is 13.5. The van der Waals surface area contributed by atoms with Crippen molar-refractivity contribution in [3.63, 3.8) is 0 Å². The van der Waals surface area contributed by atoms with Crippen LogP contribution in [0.2, 0.25) is 0 Å². The quantitative estimate of drug-likeness (QED) is 0.824. The van der Waals surface area contributed by atoms with Crippen LogP contribution in [0, 0.1) is 0 Å². The van der Waals surface area contributed by atoms with Gasteiger partial charge in [-0.3, -0.25) is 4.79 Å². The summed E-state index contributed by atoms with van der Waals surface area (Å²) >= 11 is 0. The van der Waals surface area contributed by atoms with E-state index in [0.29, 0.717) is 0 Å². The van der Waals surface area contributed by atoms with Crippen molar-refractivity contribution in [2.45, 2.75) is 38.6 Å². The molecule has 0 aliphatic carbocycles. The number of benzene rings is 1. The summed E-state index contributed by atoms with van der Waals surface area (Å²) in [5.41, 5.74) is 7.94. The molecule has 0 aliphatic heterocycles. The Morgan fingerprint density at radius 3 is 2.56 bits per heavy atom. The molecule has 0 aliphatic rings. The Morgan fingerprint density at radius 2 is 2.06 bits per heavy atom. The van der Waals surface area contributed by atoms with Gasteiger partial charge < -0.3 is 10.8 Å². The van der Waals surface area contributed by atoms with Crippen molar-refractivity contribution in [1.29, 1.82) is 0 Å². The van der Waals surface area contributed by atoms with Crippen LogP contribution in [0.1, 0.15) is 44.4 Å². The van der Waals surface area contributed by atoms with Crippen LogP contribution < -0.4 is 5.73 Å². The number of hydrogen-bond acceptors (Lipinski definition) is 2. The number of carbonyl (C=O) groups is 1. The average molecular weight is 221 g/mol. The van der Waals surface area contributed by atoms with Gasteiger partial charge in [0.1, 0.15) is 0 Å². The molecule has 0 aromatic heterocycles. The molecule has 0 fully saturated rings. The van der Waals surface area contributed by atoms with E-state index in [9.17, 15) is 4.79 Å². The first kappa shape index (κ1) is 12.7. The maximum atomic E-state index is 10.6. The van der Waals surface area contributed by atoms with Gasteiger partial charge in [0.2, 0.25) is 0 Å². The van der Waals surface area contributed by atoms with Gasteiger partial charge >= 0.3 is 5.97 Å². The van der Waals surface area contributed by atoms with E-state index >= 15 is 0 Å². The van der Waals surface area contributed by atoms with Crippen molar-refractivity contribution >= 4 is 5.97 Å². The van der Waals surface area contributed by atoms with Gasteiger partial charge in [0.05, 0.1) is 6.42 Å². The second-order valence-corrected chi connectivity index (χ2v) is 5.08. The molecule has 3 heteroatoms. The van der Waals surface area contributed by atoms with E-state index < -0.39 is 12.0 Å². The Balaban J connectivity index is 2.94. The lowest BCUT2D eigenvalue weighted by Crippen LogP contribution is -2.17. The highest BCUT2D eigenvalue weighted by molar-refractivity contribution is 5.67. The predicted octanol–water partition coefficient (Wildman–Crippen LogP) is 2.46. The molecule has 0 saturated heterocycles. The van der Waals surface area contributed by atoms with Gasteiger partial charge in [-0.1, -0.05) is 45.0 Å².